The number of hydrogen-bond acceptors (Lipinski definition) is 5. The van der Waals surface area contributed by atoms with Crippen LogP contribution < -0.4 is 5.32 Å². The van der Waals surface area contributed by atoms with Gasteiger partial charge < -0.3 is 14.6 Å². The molecule has 2 aromatic carbocycles. The van der Waals surface area contributed by atoms with Crippen LogP contribution in [0.5, 0.6) is 0 Å². The summed E-state index contributed by atoms with van der Waals surface area (Å²) < 4.78 is 48.1. The fourth-order valence-corrected chi connectivity index (χ4v) is 4.72. The number of nitrogens with zero attached hydrogens (tertiary/aromatic N) is 4. The Morgan fingerprint density at radius 1 is 0.974 bits per heavy atom. The number of benzene rings is 2. The topological polar surface area (TPSA) is 55.2 Å². The van der Waals surface area contributed by atoms with Crippen molar-refractivity contribution in [2.75, 3.05) is 31.6 Å². The van der Waals surface area contributed by atoms with Crippen molar-refractivity contribution in [1.82, 2.24) is 19.4 Å². The Morgan fingerprint density at radius 2 is 1.74 bits per heavy atom. The number of rotatable bonds is 7. The van der Waals surface area contributed by atoms with E-state index in [0.717, 1.165) is 41.8 Å². The number of hydrogen-bond donors (Lipinski definition) is 1. The summed E-state index contributed by atoms with van der Waals surface area (Å²) in [6, 6.07) is 19.2. The predicted octanol–water partition coefficient (Wildman–Crippen LogP) is 6.17. The average Bonchev–Trinajstić information content (AvgIpc) is 3.25. The lowest BCUT2D eigenvalue weighted by molar-refractivity contribution is -0.137. The number of anilines is 1. The monoisotopic (exact) mass is 521 g/mol. The Balaban J connectivity index is 1.55. The lowest BCUT2D eigenvalue weighted by atomic mass is 10.0. The number of pyridine rings is 1. The van der Waals surface area contributed by atoms with Crippen molar-refractivity contribution in [1.29, 1.82) is 0 Å². The van der Waals surface area contributed by atoms with Crippen molar-refractivity contribution < 1.29 is 17.9 Å². The molecule has 1 aliphatic rings. The summed E-state index contributed by atoms with van der Waals surface area (Å²) in [4.78, 5) is 11.6. The van der Waals surface area contributed by atoms with Crippen molar-refractivity contribution in [2.24, 2.45) is 7.05 Å². The second-order valence-corrected chi connectivity index (χ2v) is 9.46. The van der Waals surface area contributed by atoms with Crippen LogP contribution in [-0.4, -0.2) is 45.7 Å². The van der Waals surface area contributed by atoms with Crippen LogP contribution in [0, 0.1) is 0 Å². The first-order valence-electron chi connectivity index (χ1n) is 12.6. The molecule has 6 nitrogen and oxygen atoms in total. The van der Waals surface area contributed by atoms with Gasteiger partial charge in [0, 0.05) is 43.5 Å². The van der Waals surface area contributed by atoms with Gasteiger partial charge in [0.1, 0.15) is 11.6 Å². The van der Waals surface area contributed by atoms with Gasteiger partial charge in [0.15, 0.2) is 0 Å². The molecule has 0 aliphatic carbocycles. The number of alkyl halides is 3. The van der Waals surface area contributed by atoms with E-state index in [1.54, 1.807) is 12.3 Å². The molecule has 0 bridgehead atoms. The number of ether oxygens (including phenoxy) is 1. The Kier molecular flexibility index (Phi) is 7.49. The third-order valence-corrected chi connectivity index (χ3v) is 6.82. The molecule has 0 spiro atoms. The summed E-state index contributed by atoms with van der Waals surface area (Å²) in [5.41, 5.74) is 2.91. The molecule has 1 saturated heterocycles. The summed E-state index contributed by atoms with van der Waals surface area (Å²) in [7, 11) is 1.91. The fraction of sp³-hybridized carbons (Fsp3) is 0.310. The molecule has 1 atom stereocenters. The summed E-state index contributed by atoms with van der Waals surface area (Å²) >= 11 is 0. The van der Waals surface area contributed by atoms with Gasteiger partial charge in [-0.05, 0) is 36.8 Å². The van der Waals surface area contributed by atoms with Gasteiger partial charge in [0.05, 0.1) is 36.7 Å². The molecule has 4 aromatic rings. The Labute approximate surface area is 220 Å². The van der Waals surface area contributed by atoms with Gasteiger partial charge in [0.25, 0.3) is 0 Å². The maximum absolute atomic E-state index is 13.6. The van der Waals surface area contributed by atoms with E-state index in [4.69, 9.17) is 9.72 Å². The normalized spacial score (nSPS) is 15.4. The quantitative estimate of drug-likeness (QED) is 0.315. The zero-order chi connectivity index (χ0) is 26.7. The number of aromatic nitrogens is 3. The number of nitrogens with one attached hydrogen (secondary N) is 1. The van der Waals surface area contributed by atoms with Crippen LogP contribution in [0.3, 0.4) is 0 Å². The van der Waals surface area contributed by atoms with Crippen LogP contribution in [0.15, 0.2) is 72.9 Å². The minimum atomic E-state index is -4.44. The second kappa shape index (κ2) is 11.0. The molecule has 5 rings (SSSR count). The van der Waals surface area contributed by atoms with E-state index in [0.29, 0.717) is 36.8 Å². The Hall–Kier alpha value is -3.69. The fourth-order valence-electron chi connectivity index (χ4n) is 4.72. The lowest BCUT2D eigenvalue weighted by Gasteiger charge is -2.26. The molecule has 198 valence electrons. The van der Waals surface area contributed by atoms with Crippen LogP contribution in [0.2, 0.25) is 0 Å². The highest BCUT2D eigenvalue weighted by Crippen LogP contribution is 2.37. The summed E-state index contributed by atoms with van der Waals surface area (Å²) in [6.45, 7) is 5.49. The maximum atomic E-state index is 13.6. The van der Waals surface area contributed by atoms with E-state index in [1.165, 1.54) is 12.1 Å². The van der Waals surface area contributed by atoms with E-state index in [-0.39, 0.29) is 6.04 Å². The van der Waals surface area contributed by atoms with Crippen LogP contribution in [0.4, 0.5) is 19.0 Å². The second-order valence-electron chi connectivity index (χ2n) is 9.46. The van der Waals surface area contributed by atoms with Gasteiger partial charge in [-0.3, -0.25) is 4.90 Å². The van der Waals surface area contributed by atoms with Crippen LogP contribution in [0.25, 0.3) is 22.5 Å². The van der Waals surface area contributed by atoms with Gasteiger partial charge >= 0.3 is 6.18 Å². The molecular formula is C29H30F3N5O. The first-order chi connectivity index (χ1) is 18.3. The van der Waals surface area contributed by atoms with Crippen molar-refractivity contribution in [3.8, 4) is 22.5 Å². The summed E-state index contributed by atoms with van der Waals surface area (Å²) in [5, 5.41) is 3.44. The molecule has 0 unspecified atom stereocenters. The van der Waals surface area contributed by atoms with Crippen molar-refractivity contribution in [2.45, 2.75) is 25.7 Å². The van der Waals surface area contributed by atoms with Crippen LogP contribution in [-0.2, 0) is 24.5 Å². The molecular weight excluding hydrogens is 491 g/mol. The highest BCUT2D eigenvalue weighted by Gasteiger charge is 2.31. The van der Waals surface area contributed by atoms with Gasteiger partial charge in [0.2, 0.25) is 0 Å². The zero-order valence-electron chi connectivity index (χ0n) is 21.4. The standard InChI is InChI=1S/C29H30F3N5O/c1-20(21-7-4-3-5-8-21)34-25-18-23(11-12-33-25)28-27(22-9-6-10-24(17-22)29(30,31)32)35-26(36(28)2)19-37-13-15-38-16-14-37/h3-12,17-18,20H,13-16,19H2,1-2H3,(H,33,34)/t20-/m0/s1. The summed E-state index contributed by atoms with van der Waals surface area (Å²) in [6.07, 6.45) is -2.73. The molecule has 1 N–H and O–H groups in total. The Morgan fingerprint density at radius 3 is 2.47 bits per heavy atom. The zero-order valence-corrected chi connectivity index (χ0v) is 21.4. The highest BCUT2D eigenvalue weighted by molar-refractivity contribution is 5.80. The van der Waals surface area contributed by atoms with E-state index >= 15 is 0 Å². The average molecular weight is 522 g/mol. The molecule has 3 heterocycles. The van der Waals surface area contributed by atoms with E-state index in [9.17, 15) is 13.2 Å². The molecule has 0 amide bonds. The Bertz CT molecular complexity index is 1380. The van der Waals surface area contributed by atoms with Crippen molar-refractivity contribution in [3.63, 3.8) is 0 Å². The first kappa shape index (κ1) is 25.9. The number of morpholine rings is 1. The smallest absolute Gasteiger partial charge is 0.379 e. The third-order valence-electron chi connectivity index (χ3n) is 6.82. The van der Waals surface area contributed by atoms with Gasteiger partial charge in [-0.1, -0.05) is 42.5 Å². The predicted molar refractivity (Wildman–Crippen MR) is 141 cm³/mol. The summed E-state index contributed by atoms with van der Waals surface area (Å²) in [5.74, 6) is 1.45. The highest BCUT2D eigenvalue weighted by atomic mass is 19.4. The number of imidazole rings is 1. The van der Waals surface area contributed by atoms with Crippen molar-refractivity contribution >= 4 is 5.82 Å². The first-order valence-corrected chi connectivity index (χ1v) is 12.6. The van der Waals surface area contributed by atoms with Crippen LogP contribution in [0.1, 0.15) is 29.9 Å². The third kappa shape index (κ3) is 5.74. The minimum Gasteiger partial charge on any atom is -0.379 e. The van der Waals surface area contributed by atoms with Gasteiger partial charge in [-0.2, -0.15) is 13.2 Å². The maximum Gasteiger partial charge on any atom is 0.416 e. The van der Waals surface area contributed by atoms with Crippen LogP contribution >= 0.6 is 0 Å². The molecule has 1 aliphatic heterocycles. The van der Waals surface area contributed by atoms with Crippen molar-refractivity contribution in [3.05, 3.63) is 89.9 Å². The number of halogens is 3. The molecule has 1 fully saturated rings. The minimum absolute atomic E-state index is 0.0188. The lowest BCUT2D eigenvalue weighted by Crippen LogP contribution is -2.36. The van der Waals surface area contributed by atoms with E-state index in [2.05, 4.69) is 22.1 Å². The van der Waals surface area contributed by atoms with E-state index < -0.39 is 11.7 Å². The molecule has 2 aromatic heterocycles. The molecule has 9 heteroatoms. The largest absolute Gasteiger partial charge is 0.416 e. The molecule has 0 radical (unpaired) electrons. The van der Waals surface area contributed by atoms with E-state index in [1.807, 2.05) is 54.1 Å². The SMILES string of the molecule is C[C@H](Nc1cc(-c2c(-c3cccc(C(F)(F)F)c3)nc(CN3CCOCC3)n2C)ccn1)c1ccccc1. The molecule has 0 saturated carbocycles. The molecule has 38 heavy (non-hydrogen) atoms. The van der Waals surface area contributed by atoms with Gasteiger partial charge in [-0.15, -0.1) is 0 Å². The van der Waals surface area contributed by atoms with Gasteiger partial charge in [-0.25, -0.2) is 9.97 Å².